The summed E-state index contributed by atoms with van der Waals surface area (Å²) in [6.45, 7) is -0.733. The van der Waals surface area contributed by atoms with Crippen LogP contribution in [0.3, 0.4) is 0 Å². The fourth-order valence-electron chi connectivity index (χ4n) is 3.03. The number of benzene rings is 1. The molecule has 2 aromatic rings. The van der Waals surface area contributed by atoms with Gasteiger partial charge in [-0.25, -0.2) is 13.8 Å². The Balaban J connectivity index is 1.77. The lowest BCUT2D eigenvalue weighted by Crippen LogP contribution is -2.33. The molecule has 0 spiro atoms. The van der Waals surface area contributed by atoms with E-state index in [4.69, 9.17) is 5.11 Å². The van der Waals surface area contributed by atoms with E-state index in [-0.39, 0.29) is 24.3 Å². The first kappa shape index (κ1) is 18.7. The van der Waals surface area contributed by atoms with Gasteiger partial charge < -0.3 is 5.11 Å². The van der Waals surface area contributed by atoms with Gasteiger partial charge in [-0.1, -0.05) is 6.07 Å². The third-order valence-electron chi connectivity index (χ3n) is 4.26. The van der Waals surface area contributed by atoms with Crippen molar-refractivity contribution in [2.24, 2.45) is 11.8 Å². The van der Waals surface area contributed by atoms with Crippen LogP contribution in [0.4, 0.5) is 22.0 Å². The highest BCUT2D eigenvalue weighted by molar-refractivity contribution is 7.09. The van der Waals surface area contributed by atoms with Crippen molar-refractivity contribution >= 4 is 17.3 Å². The van der Waals surface area contributed by atoms with Gasteiger partial charge in [-0.2, -0.15) is 13.2 Å². The van der Waals surface area contributed by atoms with Crippen LogP contribution in [0.2, 0.25) is 0 Å². The van der Waals surface area contributed by atoms with Crippen LogP contribution in [0.25, 0.3) is 11.3 Å². The lowest BCUT2D eigenvalue weighted by atomic mass is 9.96. The summed E-state index contributed by atoms with van der Waals surface area (Å²) in [7, 11) is 0. The number of rotatable bonds is 4. The molecule has 1 saturated heterocycles. The third-order valence-corrected chi connectivity index (χ3v) is 5.10. The molecule has 2 heterocycles. The summed E-state index contributed by atoms with van der Waals surface area (Å²) in [6.07, 6.45) is -4.61. The lowest BCUT2D eigenvalue weighted by Gasteiger charge is -2.18. The molecule has 4 nitrogen and oxygen atoms in total. The van der Waals surface area contributed by atoms with E-state index in [1.807, 2.05) is 0 Å². The summed E-state index contributed by atoms with van der Waals surface area (Å²) in [5.74, 6) is -6.57. The summed E-state index contributed by atoms with van der Waals surface area (Å²) in [5.41, 5.74) is -0.241. The van der Waals surface area contributed by atoms with Crippen LogP contribution >= 0.6 is 11.3 Å². The molecular formula is C16H13F5N2O2S. The maximum atomic E-state index is 13.8. The lowest BCUT2D eigenvalue weighted by molar-refractivity contribution is -0.188. The molecule has 10 heteroatoms. The minimum Gasteiger partial charge on any atom is -0.481 e. The number of likely N-dealkylation sites (tertiary alicyclic amines) is 1. The van der Waals surface area contributed by atoms with Gasteiger partial charge in [0.15, 0.2) is 0 Å². The average molecular weight is 392 g/mol. The molecule has 2 atom stereocenters. The van der Waals surface area contributed by atoms with E-state index in [1.165, 1.54) is 16.3 Å². The predicted molar refractivity (Wildman–Crippen MR) is 83.4 cm³/mol. The van der Waals surface area contributed by atoms with Crippen LogP contribution in [0.1, 0.15) is 5.01 Å². The molecule has 0 radical (unpaired) electrons. The Bertz CT molecular complexity index is 803. The molecule has 1 aliphatic heterocycles. The summed E-state index contributed by atoms with van der Waals surface area (Å²) in [6, 6.07) is 3.39. The van der Waals surface area contributed by atoms with Gasteiger partial charge in [-0.05, 0) is 12.1 Å². The quantitative estimate of drug-likeness (QED) is 0.805. The first-order chi connectivity index (χ1) is 12.2. The summed E-state index contributed by atoms with van der Waals surface area (Å²) in [5, 5.41) is 10.8. The van der Waals surface area contributed by atoms with Gasteiger partial charge in [0, 0.05) is 18.5 Å². The third kappa shape index (κ3) is 3.70. The molecule has 0 amide bonds. The fourth-order valence-corrected chi connectivity index (χ4v) is 3.85. The SMILES string of the molecule is O=C(O)[C@@H]1CN(Cc2nc(-c3c(F)cccc3F)cs2)C[C@H]1C(F)(F)F. The molecular weight excluding hydrogens is 379 g/mol. The molecule has 1 aromatic heterocycles. The van der Waals surface area contributed by atoms with E-state index in [9.17, 15) is 26.7 Å². The molecule has 0 unspecified atom stereocenters. The molecule has 1 aliphatic rings. The number of alkyl halides is 3. The molecule has 140 valence electrons. The van der Waals surface area contributed by atoms with Crippen LogP contribution < -0.4 is 0 Å². The largest absolute Gasteiger partial charge is 0.481 e. The molecule has 0 saturated carbocycles. The Kier molecular flexibility index (Phi) is 4.98. The highest BCUT2D eigenvalue weighted by Crippen LogP contribution is 2.38. The molecule has 1 N–H and O–H groups in total. The van der Waals surface area contributed by atoms with E-state index in [0.29, 0.717) is 5.01 Å². The van der Waals surface area contributed by atoms with Gasteiger partial charge >= 0.3 is 12.1 Å². The van der Waals surface area contributed by atoms with Crippen molar-refractivity contribution in [3.63, 3.8) is 0 Å². The van der Waals surface area contributed by atoms with Crippen molar-refractivity contribution in [3.8, 4) is 11.3 Å². The van der Waals surface area contributed by atoms with Crippen molar-refractivity contribution in [3.05, 3.63) is 40.2 Å². The van der Waals surface area contributed by atoms with Gasteiger partial charge in [0.25, 0.3) is 0 Å². The minimum atomic E-state index is -4.61. The van der Waals surface area contributed by atoms with Gasteiger partial charge in [0.1, 0.15) is 16.6 Å². The van der Waals surface area contributed by atoms with E-state index in [2.05, 4.69) is 4.98 Å². The highest BCUT2D eigenvalue weighted by atomic mass is 32.1. The Morgan fingerprint density at radius 1 is 1.27 bits per heavy atom. The van der Waals surface area contributed by atoms with Crippen LogP contribution in [-0.2, 0) is 11.3 Å². The van der Waals surface area contributed by atoms with E-state index in [1.54, 1.807) is 0 Å². The highest BCUT2D eigenvalue weighted by Gasteiger charge is 2.52. The second-order valence-corrected chi connectivity index (χ2v) is 6.95. The van der Waals surface area contributed by atoms with Crippen LogP contribution in [0, 0.1) is 23.5 Å². The van der Waals surface area contributed by atoms with Crippen LogP contribution in [-0.4, -0.2) is 40.2 Å². The molecule has 0 bridgehead atoms. The zero-order valence-electron chi connectivity index (χ0n) is 13.1. The van der Waals surface area contributed by atoms with Gasteiger partial charge in [0.2, 0.25) is 0 Å². The molecule has 0 aliphatic carbocycles. The smallest absolute Gasteiger partial charge is 0.393 e. The van der Waals surface area contributed by atoms with Crippen molar-refractivity contribution < 1.29 is 31.9 Å². The molecule has 26 heavy (non-hydrogen) atoms. The Morgan fingerprint density at radius 3 is 2.46 bits per heavy atom. The Hall–Kier alpha value is -2.07. The minimum absolute atomic E-state index is 0.0168. The normalized spacial score (nSPS) is 21.3. The van der Waals surface area contributed by atoms with Gasteiger partial charge in [-0.3, -0.25) is 9.69 Å². The predicted octanol–water partition coefficient (Wildman–Crippen LogP) is 3.78. The Morgan fingerprint density at radius 2 is 1.92 bits per heavy atom. The van der Waals surface area contributed by atoms with Crippen molar-refractivity contribution in [1.82, 2.24) is 9.88 Å². The summed E-state index contributed by atoms with van der Waals surface area (Å²) < 4.78 is 66.6. The van der Waals surface area contributed by atoms with Gasteiger partial charge in [0.05, 0.1) is 29.6 Å². The fraction of sp³-hybridized carbons (Fsp3) is 0.375. The number of carbonyl (C=O) groups is 1. The maximum Gasteiger partial charge on any atom is 0.393 e. The number of thiazole rings is 1. The van der Waals surface area contributed by atoms with Crippen molar-refractivity contribution in [2.75, 3.05) is 13.1 Å². The summed E-state index contributed by atoms with van der Waals surface area (Å²) in [4.78, 5) is 16.5. The number of hydrogen-bond acceptors (Lipinski definition) is 4. The van der Waals surface area contributed by atoms with Crippen molar-refractivity contribution in [1.29, 1.82) is 0 Å². The van der Waals surface area contributed by atoms with E-state index < -0.39 is 42.2 Å². The number of aliphatic carboxylic acids is 1. The second kappa shape index (κ2) is 6.92. The molecule has 1 aromatic carbocycles. The number of carboxylic acid groups (broad SMARTS) is 1. The van der Waals surface area contributed by atoms with Gasteiger partial charge in [-0.15, -0.1) is 11.3 Å². The van der Waals surface area contributed by atoms with E-state index >= 15 is 0 Å². The second-order valence-electron chi connectivity index (χ2n) is 6.01. The number of halogens is 5. The zero-order valence-corrected chi connectivity index (χ0v) is 13.9. The number of hydrogen-bond donors (Lipinski definition) is 1. The van der Waals surface area contributed by atoms with Crippen LogP contribution in [0.15, 0.2) is 23.6 Å². The first-order valence-electron chi connectivity index (χ1n) is 7.57. The molecule has 3 rings (SSSR count). The number of carboxylic acids is 1. The van der Waals surface area contributed by atoms with Crippen molar-refractivity contribution in [2.45, 2.75) is 12.7 Å². The number of nitrogens with zero attached hydrogens (tertiary/aromatic N) is 2. The van der Waals surface area contributed by atoms with E-state index in [0.717, 1.165) is 23.5 Å². The monoisotopic (exact) mass is 392 g/mol. The molecule has 1 fully saturated rings. The zero-order chi connectivity index (χ0) is 19.1. The average Bonchev–Trinajstić information content (AvgIpc) is 3.14. The summed E-state index contributed by atoms with van der Waals surface area (Å²) >= 11 is 1.05. The number of aromatic nitrogens is 1. The maximum absolute atomic E-state index is 13.8. The standard InChI is InChI=1S/C16H13F5N2O2S/c17-10-2-1-3-11(18)14(10)12-7-26-13(22-12)6-23-4-8(15(24)25)9(5-23)16(19,20)21/h1-3,7-9H,4-6H2,(H,24,25)/t8-,9-/m1/s1. The van der Waals surface area contributed by atoms with Crippen LogP contribution in [0.5, 0.6) is 0 Å². The Labute approximate surface area is 148 Å². The first-order valence-corrected chi connectivity index (χ1v) is 8.45. The topological polar surface area (TPSA) is 53.4 Å².